The molecule has 2 rings (SSSR count). The van der Waals surface area contributed by atoms with Gasteiger partial charge in [0.2, 0.25) is 11.8 Å². The lowest BCUT2D eigenvalue weighted by atomic mass is 10.2. The van der Waals surface area contributed by atoms with Crippen LogP contribution >= 0.6 is 11.6 Å². The Kier molecular flexibility index (Phi) is 3.14. The van der Waals surface area contributed by atoms with E-state index in [-0.39, 0.29) is 11.8 Å². The van der Waals surface area contributed by atoms with E-state index in [0.717, 1.165) is 0 Å². The first kappa shape index (κ1) is 12.0. The molecule has 6 nitrogen and oxygen atoms in total. The summed E-state index contributed by atoms with van der Waals surface area (Å²) in [5.74, 6) is -0.703. The van der Waals surface area contributed by atoms with E-state index in [9.17, 15) is 8.42 Å². The number of benzene rings is 1. The van der Waals surface area contributed by atoms with Gasteiger partial charge in [0.05, 0.1) is 0 Å². The lowest BCUT2D eigenvalue weighted by molar-refractivity contribution is 0.465. The lowest BCUT2D eigenvalue weighted by Crippen LogP contribution is -2.01. The van der Waals surface area contributed by atoms with Gasteiger partial charge in [-0.05, 0) is 24.3 Å². The Morgan fingerprint density at radius 1 is 1.24 bits per heavy atom. The number of halogens is 1. The summed E-state index contributed by atoms with van der Waals surface area (Å²) in [4.78, 5) is 0. The Bertz CT molecular complexity index is 621. The van der Waals surface area contributed by atoms with Gasteiger partial charge in [0.15, 0.2) is 5.75 Å². The van der Waals surface area contributed by atoms with Crippen molar-refractivity contribution in [3.8, 4) is 11.5 Å². The topological polar surface area (TPSA) is 93.3 Å². The van der Waals surface area contributed by atoms with Gasteiger partial charge in [0.1, 0.15) is 0 Å². The maximum Gasteiger partial charge on any atom is 0.273 e. The Morgan fingerprint density at radius 3 is 2.47 bits per heavy atom. The van der Waals surface area contributed by atoms with Crippen LogP contribution in [0.25, 0.3) is 11.5 Å². The molecule has 0 aliphatic heterocycles. The first-order chi connectivity index (χ1) is 7.94. The standard InChI is InChI=1S/C9H7ClN2O4S/c10-7-3-1-6(2-4-7)9-12-11-8(16-9)5-17(13,14)15/h1-4H,5H2,(H,13,14,15). The van der Waals surface area contributed by atoms with Crippen molar-refractivity contribution < 1.29 is 17.4 Å². The molecule has 1 heterocycles. The summed E-state index contributed by atoms with van der Waals surface area (Å²) in [5, 5.41) is 7.74. The SMILES string of the molecule is O=S(=O)(O)Cc1nnc(-c2ccc(Cl)cc2)o1. The average molecular weight is 275 g/mol. The zero-order valence-corrected chi connectivity index (χ0v) is 9.94. The molecule has 8 heteroatoms. The zero-order valence-electron chi connectivity index (χ0n) is 8.37. The van der Waals surface area contributed by atoms with Gasteiger partial charge >= 0.3 is 0 Å². The minimum atomic E-state index is -4.17. The third-order valence-electron chi connectivity index (χ3n) is 1.86. The van der Waals surface area contributed by atoms with Crippen molar-refractivity contribution in [3.05, 3.63) is 35.2 Å². The molecule has 1 N–H and O–H groups in total. The third-order valence-corrected chi connectivity index (χ3v) is 2.73. The number of hydrogen-bond donors (Lipinski definition) is 1. The summed E-state index contributed by atoms with van der Waals surface area (Å²) in [6, 6.07) is 6.60. The van der Waals surface area contributed by atoms with E-state index in [1.807, 2.05) is 0 Å². The molecule has 0 aliphatic carbocycles. The van der Waals surface area contributed by atoms with Crippen LogP contribution in [0.1, 0.15) is 5.89 Å². The second-order valence-electron chi connectivity index (χ2n) is 3.23. The summed E-state index contributed by atoms with van der Waals surface area (Å²) < 4.78 is 34.9. The molecule has 0 bridgehead atoms. The average Bonchev–Trinajstić information content (AvgIpc) is 2.64. The molecule has 0 spiro atoms. The maximum absolute atomic E-state index is 10.6. The molecular weight excluding hydrogens is 268 g/mol. The molecule has 2 aromatic rings. The van der Waals surface area contributed by atoms with E-state index in [0.29, 0.717) is 10.6 Å². The smallest absolute Gasteiger partial charge is 0.273 e. The quantitative estimate of drug-likeness (QED) is 0.858. The van der Waals surface area contributed by atoms with Crippen molar-refractivity contribution in [3.63, 3.8) is 0 Å². The van der Waals surface area contributed by atoms with Crippen LogP contribution in [0, 0.1) is 0 Å². The largest absolute Gasteiger partial charge is 0.419 e. The number of rotatable bonds is 3. The molecule has 0 aliphatic rings. The summed E-state index contributed by atoms with van der Waals surface area (Å²) >= 11 is 5.71. The number of hydrogen-bond acceptors (Lipinski definition) is 5. The van der Waals surface area contributed by atoms with Crippen LogP contribution in [0.15, 0.2) is 28.7 Å². The summed E-state index contributed by atoms with van der Waals surface area (Å²) in [6.45, 7) is 0. The minimum Gasteiger partial charge on any atom is -0.419 e. The van der Waals surface area contributed by atoms with Crippen molar-refractivity contribution in [2.75, 3.05) is 0 Å². The summed E-state index contributed by atoms with van der Waals surface area (Å²) in [5.41, 5.74) is 0.614. The van der Waals surface area contributed by atoms with Gasteiger partial charge in [-0.25, -0.2) is 0 Å². The fourth-order valence-electron chi connectivity index (χ4n) is 1.18. The predicted molar refractivity (Wildman–Crippen MR) is 60.0 cm³/mol. The van der Waals surface area contributed by atoms with Crippen LogP contribution < -0.4 is 0 Å². The fraction of sp³-hybridized carbons (Fsp3) is 0.111. The van der Waals surface area contributed by atoms with Gasteiger partial charge < -0.3 is 4.42 Å². The Balaban J connectivity index is 2.27. The van der Waals surface area contributed by atoms with Gasteiger partial charge in [-0.1, -0.05) is 11.6 Å². The highest BCUT2D eigenvalue weighted by Crippen LogP contribution is 2.20. The zero-order chi connectivity index (χ0) is 12.5. The predicted octanol–water partition coefficient (Wildman–Crippen LogP) is 1.78. The van der Waals surface area contributed by atoms with E-state index in [2.05, 4.69) is 10.2 Å². The van der Waals surface area contributed by atoms with Crippen molar-refractivity contribution in [1.82, 2.24) is 10.2 Å². The van der Waals surface area contributed by atoms with Gasteiger partial charge in [-0.15, -0.1) is 10.2 Å². The van der Waals surface area contributed by atoms with E-state index in [4.69, 9.17) is 20.6 Å². The molecule has 0 amide bonds. The van der Waals surface area contributed by atoms with E-state index < -0.39 is 15.9 Å². The van der Waals surface area contributed by atoms with Crippen molar-refractivity contribution >= 4 is 21.7 Å². The molecule has 0 radical (unpaired) electrons. The first-order valence-corrected chi connectivity index (χ1v) is 6.46. The highest BCUT2D eigenvalue weighted by molar-refractivity contribution is 7.84. The van der Waals surface area contributed by atoms with Crippen LogP contribution in [0.2, 0.25) is 5.02 Å². The van der Waals surface area contributed by atoms with E-state index in [1.54, 1.807) is 24.3 Å². The van der Waals surface area contributed by atoms with Crippen LogP contribution in [0.4, 0.5) is 0 Å². The maximum atomic E-state index is 10.6. The Hall–Kier alpha value is -1.44. The van der Waals surface area contributed by atoms with Gasteiger partial charge in [0, 0.05) is 10.6 Å². The minimum absolute atomic E-state index is 0.167. The second kappa shape index (κ2) is 4.44. The second-order valence-corrected chi connectivity index (χ2v) is 5.12. The van der Waals surface area contributed by atoms with E-state index >= 15 is 0 Å². The Labute approximate surface area is 102 Å². The van der Waals surface area contributed by atoms with Gasteiger partial charge in [0.25, 0.3) is 10.1 Å². The third kappa shape index (κ3) is 3.26. The molecule has 0 fully saturated rings. The monoisotopic (exact) mass is 274 g/mol. The molecule has 0 atom stereocenters. The van der Waals surface area contributed by atoms with Crippen LogP contribution in [0.3, 0.4) is 0 Å². The molecule has 0 saturated heterocycles. The molecule has 17 heavy (non-hydrogen) atoms. The van der Waals surface area contributed by atoms with Gasteiger partial charge in [-0.2, -0.15) is 8.42 Å². The highest BCUT2D eigenvalue weighted by atomic mass is 35.5. The molecule has 1 aromatic carbocycles. The van der Waals surface area contributed by atoms with E-state index in [1.165, 1.54) is 0 Å². The molecule has 1 aromatic heterocycles. The molecule has 0 unspecified atom stereocenters. The summed E-state index contributed by atoms with van der Waals surface area (Å²) in [7, 11) is -4.17. The van der Waals surface area contributed by atoms with Crippen LogP contribution in [0.5, 0.6) is 0 Å². The highest BCUT2D eigenvalue weighted by Gasteiger charge is 2.14. The molecular formula is C9H7ClN2O4S. The molecule has 0 saturated carbocycles. The summed E-state index contributed by atoms with van der Waals surface area (Å²) in [6.07, 6.45) is 0. The van der Waals surface area contributed by atoms with Crippen molar-refractivity contribution in [2.45, 2.75) is 5.75 Å². The normalized spacial score (nSPS) is 11.6. The van der Waals surface area contributed by atoms with Crippen LogP contribution in [-0.4, -0.2) is 23.2 Å². The molecule has 90 valence electrons. The number of aromatic nitrogens is 2. The number of nitrogens with zero attached hydrogens (tertiary/aromatic N) is 2. The van der Waals surface area contributed by atoms with Crippen molar-refractivity contribution in [2.24, 2.45) is 0 Å². The van der Waals surface area contributed by atoms with Crippen molar-refractivity contribution in [1.29, 1.82) is 0 Å². The Morgan fingerprint density at radius 2 is 1.88 bits per heavy atom. The first-order valence-electron chi connectivity index (χ1n) is 4.47. The van der Waals surface area contributed by atoms with Gasteiger partial charge in [-0.3, -0.25) is 4.55 Å². The van der Waals surface area contributed by atoms with Crippen LogP contribution in [-0.2, 0) is 15.9 Å². The lowest BCUT2D eigenvalue weighted by Gasteiger charge is -1.94. The fourth-order valence-corrected chi connectivity index (χ4v) is 1.73.